The van der Waals surface area contributed by atoms with E-state index in [4.69, 9.17) is 14.2 Å². The third-order valence-electron chi connectivity index (χ3n) is 5.87. The molecule has 4 amide bonds. The molecule has 186 valence electrons. The first-order chi connectivity index (χ1) is 17.4. The predicted molar refractivity (Wildman–Crippen MR) is 134 cm³/mol. The van der Waals surface area contributed by atoms with E-state index >= 15 is 0 Å². The van der Waals surface area contributed by atoms with Crippen LogP contribution >= 0.6 is 0 Å². The van der Waals surface area contributed by atoms with Crippen LogP contribution in [-0.2, 0) is 16.1 Å². The first-order valence-corrected chi connectivity index (χ1v) is 11.3. The van der Waals surface area contributed by atoms with E-state index in [1.54, 1.807) is 74.9 Å². The third kappa shape index (κ3) is 5.25. The van der Waals surface area contributed by atoms with Gasteiger partial charge in [0, 0.05) is 18.3 Å². The summed E-state index contributed by atoms with van der Waals surface area (Å²) in [5.41, 5.74) is 1.70. The number of rotatable bonds is 9. The third-order valence-corrected chi connectivity index (χ3v) is 5.87. The highest BCUT2D eigenvalue weighted by atomic mass is 16.5. The van der Waals surface area contributed by atoms with Crippen molar-refractivity contribution in [3.05, 3.63) is 78.4 Å². The molecule has 9 heteroatoms. The number of hydrogen-bond donors (Lipinski definition) is 1. The number of amides is 4. The molecule has 1 aliphatic rings. The fourth-order valence-corrected chi connectivity index (χ4v) is 4.03. The van der Waals surface area contributed by atoms with Crippen LogP contribution < -0.4 is 24.4 Å². The van der Waals surface area contributed by atoms with Gasteiger partial charge in [-0.15, -0.1) is 0 Å². The van der Waals surface area contributed by atoms with Crippen molar-refractivity contribution in [2.75, 3.05) is 31.5 Å². The SMILES string of the molecule is COc1ccc(NC(=O)C[C@H]2C(=O)N(c3cccc(OC)c3)C(=O)N2Cc2cccc(OC)c2)cc1. The van der Waals surface area contributed by atoms with E-state index in [1.165, 1.54) is 12.0 Å². The Morgan fingerprint density at radius 3 is 2.14 bits per heavy atom. The molecule has 36 heavy (non-hydrogen) atoms. The maximum atomic E-state index is 13.5. The van der Waals surface area contributed by atoms with E-state index in [-0.39, 0.29) is 13.0 Å². The van der Waals surface area contributed by atoms with Gasteiger partial charge in [-0.05, 0) is 54.1 Å². The zero-order chi connectivity index (χ0) is 25.7. The van der Waals surface area contributed by atoms with Crippen LogP contribution in [0.15, 0.2) is 72.8 Å². The standard InChI is InChI=1S/C27H27N3O6/c1-34-21-12-10-19(11-13-21)28-25(31)16-24-26(32)30(20-7-5-9-23(15-20)36-3)27(33)29(24)17-18-6-4-8-22(14-18)35-2/h4-15,24H,16-17H2,1-3H3,(H,28,31)/t24-/m0/s1. The lowest BCUT2D eigenvalue weighted by Crippen LogP contribution is -2.37. The first-order valence-electron chi connectivity index (χ1n) is 11.3. The number of nitrogens with one attached hydrogen (secondary N) is 1. The zero-order valence-electron chi connectivity index (χ0n) is 20.3. The molecule has 0 spiro atoms. The Hall–Kier alpha value is -4.53. The average Bonchev–Trinajstić information content (AvgIpc) is 3.13. The highest BCUT2D eigenvalue weighted by Crippen LogP contribution is 2.31. The summed E-state index contributed by atoms with van der Waals surface area (Å²) in [7, 11) is 4.62. The number of urea groups is 1. The summed E-state index contributed by atoms with van der Waals surface area (Å²) in [5, 5.41) is 2.79. The van der Waals surface area contributed by atoms with Gasteiger partial charge < -0.3 is 24.4 Å². The van der Waals surface area contributed by atoms with Gasteiger partial charge in [0.15, 0.2) is 0 Å². The lowest BCUT2D eigenvalue weighted by atomic mass is 10.1. The summed E-state index contributed by atoms with van der Waals surface area (Å²) >= 11 is 0. The second kappa shape index (κ2) is 10.8. The van der Waals surface area contributed by atoms with E-state index in [0.29, 0.717) is 28.6 Å². The van der Waals surface area contributed by atoms with Crippen LogP contribution in [0.5, 0.6) is 17.2 Å². The van der Waals surface area contributed by atoms with Crippen molar-refractivity contribution in [2.24, 2.45) is 0 Å². The molecule has 3 aromatic carbocycles. The zero-order valence-corrected chi connectivity index (χ0v) is 20.3. The number of imide groups is 1. The molecule has 1 heterocycles. The second-order valence-electron chi connectivity index (χ2n) is 8.13. The smallest absolute Gasteiger partial charge is 0.332 e. The number of hydrogen-bond acceptors (Lipinski definition) is 6. The molecule has 1 N–H and O–H groups in total. The van der Waals surface area contributed by atoms with Crippen molar-refractivity contribution in [2.45, 2.75) is 19.0 Å². The molecule has 1 fully saturated rings. The molecule has 0 saturated carbocycles. The van der Waals surface area contributed by atoms with E-state index < -0.39 is 23.9 Å². The molecule has 9 nitrogen and oxygen atoms in total. The van der Waals surface area contributed by atoms with Crippen molar-refractivity contribution in [1.29, 1.82) is 0 Å². The van der Waals surface area contributed by atoms with Crippen molar-refractivity contribution in [3.63, 3.8) is 0 Å². The summed E-state index contributed by atoms with van der Waals surface area (Å²) < 4.78 is 15.7. The molecule has 1 aliphatic heterocycles. The summed E-state index contributed by atoms with van der Waals surface area (Å²) in [6.07, 6.45) is -0.207. The minimum Gasteiger partial charge on any atom is -0.497 e. The number of nitrogens with zero attached hydrogens (tertiary/aromatic N) is 2. The number of ether oxygens (including phenoxy) is 3. The van der Waals surface area contributed by atoms with Gasteiger partial charge in [0.2, 0.25) is 5.91 Å². The van der Waals surface area contributed by atoms with Crippen LogP contribution in [0, 0.1) is 0 Å². The highest BCUT2D eigenvalue weighted by molar-refractivity contribution is 6.22. The summed E-state index contributed by atoms with van der Waals surface area (Å²) in [4.78, 5) is 42.4. The fraction of sp³-hybridized carbons (Fsp3) is 0.222. The van der Waals surface area contributed by atoms with Crippen molar-refractivity contribution in [3.8, 4) is 17.2 Å². The molecule has 0 unspecified atom stereocenters. The summed E-state index contributed by atoms with van der Waals surface area (Å²) in [5.74, 6) is 0.913. The van der Waals surface area contributed by atoms with Crippen LogP contribution in [0.1, 0.15) is 12.0 Å². The lowest BCUT2D eigenvalue weighted by molar-refractivity contribution is -0.124. The van der Waals surface area contributed by atoms with Gasteiger partial charge >= 0.3 is 6.03 Å². The van der Waals surface area contributed by atoms with Gasteiger partial charge in [0.1, 0.15) is 23.3 Å². The Morgan fingerprint density at radius 2 is 1.47 bits per heavy atom. The molecular formula is C27H27N3O6. The monoisotopic (exact) mass is 489 g/mol. The topological polar surface area (TPSA) is 97.4 Å². The molecule has 0 bridgehead atoms. The fourth-order valence-electron chi connectivity index (χ4n) is 4.03. The molecule has 1 saturated heterocycles. The van der Waals surface area contributed by atoms with Crippen LogP contribution in [0.4, 0.5) is 16.2 Å². The van der Waals surface area contributed by atoms with E-state index in [2.05, 4.69) is 5.32 Å². The van der Waals surface area contributed by atoms with Crippen LogP contribution in [0.25, 0.3) is 0 Å². The average molecular weight is 490 g/mol. The van der Waals surface area contributed by atoms with Crippen LogP contribution in [-0.4, -0.2) is 50.1 Å². The Morgan fingerprint density at radius 1 is 0.833 bits per heavy atom. The van der Waals surface area contributed by atoms with Gasteiger partial charge in [-0.1, -0.05) is 18.2 Å². The number of carbonyl (C=O) groups excluding carboxylic acids is 3. The lowest BCUT2D eigenvalue weighted by Gasteiger charge is -2.22. The van der Waals surface area contributed by atoms with Crippen LogP contribution in [0.3, 0.4) is 0 Å². The van der Waals surface area contributed by atoms with Crippen molar-refractivity contribution < 1.29 is 28.6 Å². The Balaban J connectivity index is 1.61. The minimum absolute atomic E-state index is 0.128. The molecule has 0 radical (unpaired) electrons. The van der Waals surface area contributed by atoms with E-state index in [9.17, 15) is 14.4 Å². The Bertz CT molecular complexity index is 1260. The van der Waals surface area contributed by atoms with E-state index in [1.807, 2.05) is 12.1 Å². The van der Waals surface area contributed by atoms with Gasteiger partial charge in [0.25, 0.3) is 5.91 Å². The second-order valence-corrected chi connectivity index (χ2v) is 8.13. The minimum atomic E-state index is -0.992. The Kier molecular flexibility index (Phi) is 7.39. The highest BCUT2D eigenvalue weighted by Gasteiger charge is 2.46. The number of anilines is 2. The molecule has 0 aromatic heterocycles. The van der Waals surface area contributed by atoms with Crippen LogP contribution in [0.2, 0.25) is 0 Å². The van der Waals surface area contributed by atoms with E-state index in [0.717, 1.165) is 10.5 Å². The van der Waals surface area contributed by atoms with Gasteiger partial charge in [-0.25, -0.2) is 9.69 Å². The molecule has 4 rings (SSSR count). The first kappa shape index (κ1) is 24.6. The predicted octanol–water partition coefficient (Wildman–Crippen LogP) is 4.08. The summed E-state index contributed by atoms with van der Waals surface area (Å²) in [6.45, 7) is 0.128. The van der Waals surface area contributed by atoms with Crippen molar-refractivity contribution >= 4 is 29.2 Å². The molecule has 1 atom stereocenters. The summed E-state index contributed by atoms with van der Waals surface area (Å²) in [6, 6.07) is 19.3. The normalized spacial score (nSPS) is 15.1. The maximum Gasteiger partial charge on any atom is 0.332 e. The quantitative estimate of drug-likeness (QED) is 0.455. The number of benzene rings is 3. The van der Waals surface area contributed by atoms with Gasteiger partial charge in [0.05, 0.1) is 33.4 Å². The molecule has 0 aliphatic carbocycles. The number of carbonyl (C=O) groups is 3. The maximum absolute atomic E-state index is 13.5. The van der Waals surface area contributed by atoms with Gasteiger partial charge in [-0.2, -0.15) is 0 Å². The molecular weight excluding hydrogens is 462 g/mol. The van der Waals surface area contributed by atoms with Gasteiger partial charge in [-0.3, -0.25) is 9.59 Å². The Labute approximate surface area is 209 Å². The molecule has 3 aromatic rings. The van der Waals surface area contributed by atoms with Crippen molar-refractivity contribution in [1.82, 2.24) is 4.90 Å². The largest absolute Gasteiger partial charge is 0.497 e. The number of methoxy groups -OCH3 is 3.